The number of aryl methyl sites for hydroxylation is 1. The fourth-order valence-corrected chi connectivity index (χ4v) is 5.42. The smallest absolute Gasteiger partial charge is 0.340 e. The standard InChI is InChI=1S/C23H22N4O2S2/c1-3-29-22(28)20-14(2)16-7-4-5-8-17(16)24-18(20)13-31-23-26-25-21(19-9-6-12-30-19)27(23)15-10-11-15/h4-9,12,15H,3,10-11,13H2,1-2H3. The summed E-state index contributed by atoms with van der Waals surface area (Å²) in [4.78, 5) is 18.7. The molecule has 0 amide bonds. The highest BCUT2D eigenvalue weighted by Crippen LogP contribution is 2.42. The first-order valence-electron chi connectivity index (χ1n) is 10.3. The molecule has 31 heavy (non-hydrogen) atoms. The molecule has 1 aliphatic carbocycles. The summed E-state index contributed by atoms with van der Waals surface area (Å²) < 4.78 is 7.60. The van der Waals surface area contributed by atoms with Gasteiger partial charge in [-0.1, -0.05) is 36.0 Å². The number of benzene rings is 1. The van der Waals surface area contributed by atoms with Crippen molar-refractivity contribution in [3.8, 4) is 10.7 Å². The molecule has 1 saturated carbocycles. The number of nitrogens with zero attached hydrogens (tertiary/aromatic N) is 4. The van der Waals surface area contributed by atoms with Crippen LogP contribution in [0.3, 0.4) is 0 Å². The predicted octanol–water partition coefficient (Wildman–Crippen LogP) is 5.67. The van der Waals surface area contributed by atoms with Crippen molar-refractivity contribution in [2.45, 2.75) is 43.6 Å². The average molecular weight is 451 g/mol. The summed E-state index contributed by atoms with van der Waals surface area (Å²) in [5.74, 6) is 1.12. The van der Waals surface area contributed by atoms with Crippen LogP contribution < -0.4 is 0 Å². The number of carbonyl (C=O) groups excluding carboxylic acids is 1. The molecular weight excluding hydrogens is 428 g/mol. The van der Waals surface area contributed by atoms with Gasteiger partial charge in [0.2, 0.25) is 0 Å². The van der Waals surface area contributed by atoms with Crippen molar-refractivity contribution >= 4 is 40.0 Å². The number of thioether (sulfide) groups is 1. The van der Waals surface area contributed by atoms with E-state index >= 15 is 0 Å². The molecule has 0 spiro atoms. The van der Waals surface area contributed by atoms with E-state index in [9.17, 15) is 4.79 Å². The minimum absolute atomic E-state index is 0.322. The molecule has 0 N–H and O–H groups in total. The van der Waals surface area contributed by atoms with Crippen molar-refractivity contribution in [3.05, 3.63) is 58.6 Å². The van der Waals surface area contributed by atoms with Crippen LogP contribution >= 0.6 is 23.1 Å². The van der Waals surface area contributed by atoms with Crippen LogP contribution in [0.25, 0.3) is 21.6 Å². The number of fused-ring (bicyclic) bond motifs is 1. The first-order chi connectivity index (χ1) is 15.2. The minimum atomic E-state index is -0.322. The largest absolute Gasteiger partial charge is 0.462 e. The Bertz CT molecular complexity index is 1250. The molecule has 5 rings (SSSR count). The van der Waals surface area contributed by atoms with Crippen molar-refractivity contribution < 1.29 is 9.53 Å². The molecule has 6 nitrogen and oxygen atoms in total. The first kappa shape index (κ1) is 20.2. The highest BCUT2D eigenvalue weighted by atomic mass is 32.2. The van der Waals surface area contributed by atoms with Crippen LogP contribution in [0, 0.1) is 6.92 Å². The van der Waals surface area contributed by atoms with Gasteiger partial charge in [-0.15, -0.1) is 21.5 Å². The zero-order valence-corrected chi connectivity index (χ0v) is 19.0. The Balaban J connectivity index is 1.51. The second-order valence-corrected chi connectivity index (χ2v) is 9.36. The third-order valence-electron chi connectivity index (χ3n) is 5.36. The molecule has 1 aromatic carbocycles. The molecule has 0 bridgehead atoms. The number of carbonyl (C=O) groups is 1. The monoisotopic (exact) mass is 450 g/mol. The number of hydrogen-bond acceptors (Lipinski definition) is 7. The van der Waals surface area contributed by atoms with Gasteiger partial charge < -0.3 is 4.74 Å². The van der Waals surface area contributed by atoms with E-state index in [-0.39, 0.29) is 5.97 Å². The van der Waals surface area contributed by atoms with E-state index in [2.05, 4.69) is 26.2 Å². The lowest BCUT2D eigenvalue weighted by molar-refractivity contribution is 0.0524. The average Bonchev–Trinajstić information content (AvgIpc) is 3.29. The van der Waals surface area contributed by atoms with Crippen LogP contribution in [-0.4, -0.2) is 32.3 Å². The van der Waals surface area contributed by atoms with Crippen LogP contribution in [-0.2, 0) is 10.5 Å². The normalized spacial score (nSPS) is 13.6. The van der Waals surface area contributed by atoms with Gasteiger partial charge in [0.1, 0.15) is 0 Å². The Morgan fingerprint density at radius 2 is 2.06 bits per heavy atom. The summed E-state index contributed by atoms with van der Waals surface area (Å²) in [6.45, 7) is 4.12. The van der Waals surface area contributed by atoms with Gasteiger partial charge in [-0.05, 0) is 49.8 Å². The third-order valence-corrected chi connectivity index (χ3v) is 7.18. The lowest BCUT2D eigenvalue weighted by Crippen LogP contribution is -2.12. The number of pyridine rings is 1. The van der Waals surface area contributed by atoms with Gasteiger partial charge in [0, 0.05) is 17.2 Å². The molecule has 8 heteroatoms. The van der Waals surface area contributed by atoms with Crippen LogP contribution in [0.1, 0.15) is 47.4 Å². The summed E-state index contributed by atoms with van der Waals surface area (Å²) in [6.07, 6.45) is 2.29. The summed E-state index contributed by atoms with van der Waals surface area (Å²) in [5, 5.41) is 12.9. The van der Waals surface area contributed by atoms with E-state index in [1.165, 1.54) is 0 Å². The van der Waals surface area contributed by atoms with E-state index in [1.54, 1.807) is 23.1 Å². The molecule has 0 saturated heterocycles. The quantitative estimate of drug-likeness (QED) is 0.267. The van der Waals surface area contributed by atoms with Crippen molar-refractivity contribution in [2.75, 3.05) is 6.61 Å². The van der Waals surface area contributed by atoms with Crippen LogP contribution in [0.5, 0.6) is 0 Å². The topological polar surface area (TPSA) is 69.9 Å². The third kappa shape index (κ3) is 3.85. The fourth-order valence-electron chi connectivity index (χ4n) is 3.76. The Hall–Kier alpha value is -2.71. The molecule has 0 aliphatic heterocycles. The Labute approximate surface area is 188 Å². The summed E-state index contributed by atoms with van der Waals surface area (Å²) in [5.41, 5.74) is 3.07. The Kier molecular flexibility index (Phi) is 5.50. The first-order valence-corrected chi connectivity index (χ1v) is 12.2. The van der Waals surface area contributed by atoms with Crippen molar-refractivity contribution in [1.29, 1.82) is 0 Å². The van der Waals surface area contributed by atoms with Crippen LogP contribution in [0.15, 0.2) is 46.9 Å². The van der Waals surface area contributed by atoms with Gasteiger partial charge in [0.25, 0.3) is 0 Å². The second-order valence-electron chi connectivity index (χ2n) is 7.47. The number of ether oxygens (including phenoxy) is 1. The Morgan fingerprint density at radius 3 is 2.81 bits per heavy atom. The zero-order chi connectivity index (χ0) is 21.4. The molecule has 158 valence electrons. The van der Waals surface area contributed by atoms with Gasteiger partial charge in [0.15, 0.2) is 11.0 Å². The second kappa shape index (κ2) is 8.43. The highest BCUT2D eigenvalue weighted by molar-refractivity contribution is 7.98. The van der Waals surface area contributed by atoms with E-state index in [0.29, 0.717) is 24.0 Å². The maximum atomic E-state index is 12.8. The molecule has 1 fully saturated rings. The van der Waals surface area contributed by atoms with E-state index < -0.39 is 0 Å². The molecule has 0 unspecified atom stereocenters. The van der Waals surface area contributed by atoms with Crippen LogP contribution in [0.4, 0.5) is 0 Å². The summed E-state index contributed by atoms with van der Waals surface area (Å²) in [6, 6.07) is 12.5. The molecular formula is C23H22N4O2S2. The molecule has 0 atom stereocenters. The minimum Gasteiger partial charge on any atom is -0.462 e. The maximum absolute atomic E-state index is 12.8. The number of aromatic nitrogens is 4. The van der Waals surface area contributed by atoms with Crippen molar-refractivity contribution in [2.24, 2.45) is 0 Å². The maximum Gasteiger partial charge on any atom is 0.340 e. The van der Waals surface area contributed by atoms with Gasteiger partial charge in [-0.2, -0.15) is 0 Å². The van der Waals surface area contributed by atoms with Crippen molar-refractivity contribution in [1.82, 2.24) is 19.7 Å². The van der Waals surface area contributed by atoms with Crippen LogP contribution in [0.2, 0.25) is 0 Å². The lowest BCUT2D eigenvalue weighted by atomic mass is 10.0. The molecule has 1 aliphatic rings. The fraction of sp³-hybridized carbons (Fsp3) is 0.304. The molecule has 4 aromatic rings. The number of hydrogen-bond donors (Lipinski definition) is 0. The number of esters is 1. The molecule has 3 aromatic heterocycles. The summed E-state index contributed by atoms with van der Waals surface area (Å²) in [7, 11) is 0. The van der Waals surface area contributed by atoms with Gasteiger partial charge in [0.05, 0.1) is 28.3 Å². The Morgan fingerprint density at radius 1 is 1.23 bits per heavy atom. The zero-order valence-electron chi connectivity index (χ0n) is 17.4. The van der Waals surface area contributed by atoms with E-state index in [0.717, 1.165) is 50.9 Å². The number of rotatable bonds is 7. The van der Waals surface area contributed by atoms with Gasteiger partial charge in [-0.3, -0.25) is 9.55 Å². The SMILES string of the molecule is CCOC(=O)c1c(CSc2nnc(-c3cccs3)n2C2CC2)nc2ccccc2c1C. The van der Waals surface area contributed by atoms with Gasteiger partial charge in [-0.25, -0.2) is 4.79 Å². The van der Waals surface area contributed by atoms with E-state index in [1.807, 2.05) is 44.2 Å². The number of thiophene rings is 1. The van der Waals surface area contributed by atoms with E-state index in [4.69, 9.17) is 9.72 Å². The summed E-state index contributed by atoms with van der Waals surface area (Å²) >= 11 is 3.25. The predicted molar refractivity (Wildman–Crippen MR) is 124 cm³/mol. The molecule has 3 heterocycles. The van der Waals surface area contributed by atoms with Crippen molar-refractivity contribution in [3.63, 3.8) is 0 Å². The lowest BCUT2D eigenvalue weighted by Gasteiger charge is -2.14. The highest BCUT2D eigenvalue weighted by Gasteiger charge is 2.31. The molecule has 0 radical (unpaired) electrons. The van der Waals surface area contributed by atoms with Gasteiger partial charge >= 0.3 is 5.97 Å². The number of para-hydroxylation sites is 1.